The Labute approximate surface area is 102 Å². The molecule has 0 atom stereocenters. The first-order valence-electron chi connectivity index (χ1n) is 6.09. The fourth-order valence-corrected chi connectivity index (χ4v) is 2.30. The Bertz CT molecular complexity index is 374. The zero-order valence-electron chi connectivity index (χ0n) is 9.97. The molecule has 0 spiro atoms. The summed E-state index contributed by atoms with van der Waals surface area (Å²) in [4.78, 5) is 2.29. The number of aromatic hydroxyl groups is 1. The summed E-state index contributed by atoms with van der Waals surface area (Å²) < 4.78 is 0. The molecular formula is C13H20N2O2. The van der Waals surface area contributed by atoms with E-state index >= 15 is 0 Å². The quantitative estimate of drug-likeness (QED) is 0.544. The van der Waals surface area contributed by atoms with Gasteiger partial charge in [0, 0.05) is 24.4 Å². The van der Waals surface area contributed by atoms with Crippen LogP contribution < -0.4 is 5.73 Å². The smallest absolute Gasteiger partial charge is 0.120 e. The molecule has 1 fully saturated rings. The summed E-state index contributed by atoms with van der Waals surface area (Å²) in [5.74, 6) is 0.754. The lowest BCUT2D eigenvalue weighted by atomic mass is 9.97. The van der Waals surface area contributed by atoms with Crippen LogP contribution in [0.2, 0.25) is 0 Å². The maximum Gasteiger partial charge on any atom is 0.120 e. The summed E-state index contributed by atoms with van der Waals surface area (Å²) in [5.41, 5.74) is 7.28. The molecule has 17 heavy (non-hydrogen) atoms. The van der Waals surface area contributed by atoms with Gasteiger partial charge in [-0.05, 0) is 50.0 Å². The molecule has 0 aliphatic carbocycles. The number of phenols is 1. The highest BCUT2D eigenvalue weighted by molar-refractivity contribution is 5.47. The molecular weight excluding hydrogens is 216 g/mol. The average Bonchev–Trinajstić information content (AvgIpc) is 2.35. The van der Waals surface area contributed by atoms with Crippen molar-refractivity contribution in [1.82, 2.24) is 4.90 Å². The molecule has 1 aliphatic heterocycles. The monoisotopic (exact) mass is 236 g/mol. The number of hydrogen-bond acceptors (Lipinski definition) is 4. The van der Waals surface area contributed by atoms with Gasteiger partial charge in [-0.2, -0.15) is 0 Å². The molecule has 1 aliphatic rings. The SMILES string of the molecule is Nc1ccc(O)c(CN2CCC(CO)CC2)c1. The predicted octanol–water partition coefficient (Wildman–Crippen LogP) is 1.18. The molecule has 0 amide bonds. The molecule has 1 saturated heterocycles. The lowest BCUT2D eigenvalue weighted by Crippen LogP contribution is -2.34. The zero-order valence-corrected chi connectivity index (χ0v) is 9.97. The van der Waals surface area contributed by atoms with E-state index in [0.717, 1.165) is 38.0 Å². The second-order valence-corrected chi connectivity index (χ2v) is 4.79. The summed E-state index contributed by atoms with van der Waals surface area (Å²) in [6.07, 6.45) is 2.05. The maximum atomic E-state index is 9.74. The summed E-state index contributed by atoms with van der Waals surface area (Å²) in [7, 11) is 0. The molecule has 0 aromatic heterocycles. The highest BCUT2D eigenvalue weighted by Gasteiger charge is 2.19. The van der Waals surface area contributed by atoms with Crippen LogP contribution in [0.5, 0.6) is 5.75 Å². The van der Waals surface area contributed by atoms with E-state index in [1.807, 2.05) is 6.07 Å². The molecule has 1 heterocycles. The number of likely N-dealkylation sites (tertiary alicyclic amines) is 1. The van der Waals surface area contributed by atoms with Crippen molar-refractivity contribution in [3.05, 3.63) is 23.8 Å². The number of phenolic OH excluding ortho intramolecular Hbond substituents is 1. The molecule has 4 heteroatoms. The largest absolute Gasteiger partial charge is 0.508 e. The molecule has 0 bridgehead atoms. The zero-order chi connectivity index (χ0) is 12.3. The Morgan fingerprint density at radius 1 is 1.29 bits per heavy atom. The number of benzene rings is 1. The highest BCUT2D eigenvalue weighted by atomic mass is 16.3. The topological polar surface area (TPSA) is 69.7 Å². The first-order chi connectivity index (χ1) is 8.19. The second kappa shape index (κ2) is 5.38. The van der Waals surface area contributed by atoms with Crippen molar-refractivity contribution >= 4 is 5.69 Å². The van der Waals surface area contributed by atoms with E-state index in [9.17, 15) is 5.11 Å². The van der Waals surface area contributed by atoms with Crippen LogP contribution in [-0.2, 0) is 6.54 Å². The fraction of sp³-hybridized carbons (Fsp3) is 0.538. The fourth-order valence-electron chi connectivity index (χ4n) is 2.30. The van der Waals surface area contributed by atoms with Crippen LogP contribution in [0.15, 0.2) is 18.2 Å². The lowest BCUT2D eigenvalue weighted by Gasteiger charge is -2.31. The third-order valence-corrected chi connectivity index (χ3v) is 3.46. The molecule has 4 N–H and O–H groups in total. The highest BCUT2D eigenvalue weighted by Crippen LogP contribution is 2.24. The van der Waals surface area contributed by atoms with Gasteiger partial charge in [-0.25, -0.2) is 0 Å². The summed E-state index contributed by atoms with van der Waals surface area (Å²) >= 11 is 0. The number of rotatable bonds is 3. The Morgan fingerprint density at radius 2 is 2.00 bits per heavy atom. The first-order valence-corrected chi connectivity index (χ1v) is 6.09. The molecule has 4 nitrogen and oxygen atoms in total. The minimum Gasteiger partial charge on any atom is -0.508 e. The summed E-state index contributed by atoms with van der Waals surface area (Å²) in [6, 6.07) is 5.18. The van der Waals surface area contributed by atoms with Crippen LogP contribution in [-0.4, -0.2) is 34.8 Å². The van der Waals surface area contributed by atoms with Gasteiger partial charge in [-0.3, -0.25) is 4.90 Å². The summed E-state index contributed by atoms with van der Waals surface area (Å²) in [5, 5.41) is 18.8. The number of aliphatic hydroxyl groups is 1. The Morgan fingerprint density at radius 3 is 2.65 bits per heavy atom. The number of nitrogens with zero attached hydrogens (tertiary/aromatic N) is 1. The Kier molecular flexibility index (Phi) is 3.86. The molecule has 1 aromatic rings. The van der Waals surface area contributed by atoms with E-state index < -0.39 is 0 Å². The van der Waals surface area contributed by atoms with E-state index in [2.05, 4.69) is 4.90 Å². The minimum atomic E-state index is 0.289. The van der Waals surface area contributed by atoms with Crippen LogP contribution in [0.4, 0.5) is 5.69 Å². The first kappa shape index (κ1) is 12.2. The van der Waals surface area contributed by atoms with Gasteiger partial charge in [-0.1, -0.05) is 0 Å². The van der Waals surface area contributed by atoms with Crippen molar-refractivity contribution in [1.29, 1.82) is 0 Å². The third kappa shape index (κ3) is 3.11. The molecule has 1 aromatic carbocycles. The molecule has 0 saturated carbocycles. The summed E-state index contributed by atoms with van der Waals surface area (Å²) in [6.45, 7) is 2.96. The number of piperidine rings is 1. The minimum absolute atomic E-state index is 0.289. The van der Waals surface area contributed by atoms with Crippen molar-refractivity contribution in [2.75, 3.05) is 25.4 Å². The van der Waals surface area contributed by atoms with Crippen LogP contribution in [0.25, 0.3) is 0 Å². The number of nitrogens with two attached hydrogens (primary N) is 1. The molecule has 0 radical (unpaired) electrons. The van der Waals surface area contributed by atoms with Gasteiger partial charge in [0.15, 0.2) is 0 Å². The number of aliphatic hydroxyl groups excluding tert-OH is 1. The van der Waals surface area contributed by atoms with Crippen LogP contribution in [0.3, 0.4) is 0 Å². The van der Waals surface area contributed by atoms with Crippen molar-refractivity contribution in [2.45, 2.75) is 19.4 Å². The van der Waals surface area contributed by atoms with Crippen molar-refractivity contribution in [3.63, 3.8) is 0 Å². The van der Waals surface area contributed by atoms with Gasteiger partial charge in [0.1, 0.15) is 5.75 Å². The molecule has 0 unspecified atom stereocenters. The van der Waals surface area contributed by atoms with E-state index in [4.69, 9.17) is 10.8 Å². The van der Waals surface area contributed by atoms with Gasteiger partial charge in [0.05, 0.1) is 0 Å². The maximum absolute atomic E-state index is 9.74. The number of nitrogen functional groups attached to an aromatic ring is 1. The van der Waals surface area contributed by atoms with Crippen molar-refractivity contribution < 1.29 is 10.2 Å². The van der Waals surface area contributed by atoms with Gasteiger partial charge >= 0.3 is 0 Å². The van der Waals surface area contributed by atoms with Gasteiger partial charge in [-0.15, -0.1) is 0 Å². The Balaban J connectivity index is 1.95. The van der Waals surface area contributed by atoms with E-state index in [1.165, 1.54) is 0 Å². The van der Waals surface area contributed by atoms with Crippen LogP contribution in [0.1, 0.15) is 18.4 Å². The standard InChI is InChI=1S/C13H20N2O2/c14-12-1-2-13(17)11(7-12)8-15-5-3-10(9-16)4-6-15/h1-2,7,10,16-17H,3-6,8-9,14H2. The third-order valence-electron chi connectivity index (χ3n) is 3.46. The van der Waals surface area contributed by atoms with Gasteiger partial charge in [0.25, 0.3) is 0 Å². The van der Waals surface area contributed by atoms with E-state index in [0.29, 0.717) is 17.4 Å². The average molecular weight is 236 g/mol. The number of hydrogen-bond donors (Lipinski definition) is 3. The van der Waals surface area contributed by atoms with Crippen LogP contribution >= 0.6 is 0 Å². The van der Waals surface area contributed by atoms with Crippen molar-refractivity contribution in [3.8, 4) is 5.75 Å². The van der Waals surface area contributed by atoms with Crippen molar-refractivity contribution in [2.24, 2.45) is 5.92 Å². The predicted molar refractivity (Wildman–Crippen MR) is 67.6 cm³/mol. The Hall–Kier alpha value is -1.26. The van der Waals surface area contributed by atoms with E-state index in [-0.39, 0.29) is 6.61 Å². The second-order valence-electron chi connectivity index (χ2n) is 4.79. The molecule has 2 rings (SSSR count). The van der Waals surface area contributed by atoms with E-state index in [1.54, 1.807) is 12.1 Å². The lowest BCUT2D eigenvalue weighted by molar-refractivity contribution is 0.127. The molecule has 94 valence electrons. The normalized spacial score (nSPS) is 18.4. The van der Waals surface area contributed by atoms with Gasteiger partial charge < -0.3 is 15.9 Å². The number of anilines is 1. The van der Waals surface area contributed by atoms with Gasteiger partial charge in [0.2, 0.25) is 0 Å². The van der Waals surface area contributed by atoms with Crippen LogP contribution in [0, 0.1) is 5.92 Å².